The van der Waals surface area contributed by atoms with Crippen molar-refractivity contribution in [3.63, 3.8) is 0 Å². The molecule has 3 rings (SSSR count). The molecule has 1 aromatic carbocycles. The van der Waals surface area contributed by atoms with E-state index >= 15 is 0 Å². The maximum atomic E-state index is 5.54. The lowest BCUT2D eigenvalue weighted by Gasteiger charge is -2.21. The number of nitrogens with one attached hydrogen (secondary N) is 1. The minimum absolute atomic E-state index is 0.849. The van der Waals surface area contributed by atoms with Gasteiger partial charge in [-0.1, -0.05) is 18.6 Å². The van der Waals surface area contributed by atoms with Crippen molar-refractivity contribution < 1.29 is 4.74 Å². The van der Waals surface area contributed by atoms with Crippen LogP contribution in [0.5, 0.6) is 5.75 Å². The van der Waals surface area contributed by atoms with Crippen LogP contribution in [0.3, 0.4) is 0 Å². The summed E-state index contributed by atoms with van der Waals surface area (Å²) in [5, 5.41) is 4.47. The van der Waals surface area contributed by atoms with Gasteiger partial charge >= 0.3 is 0 Å². The molecular weight excluding hydrogens is 254 g/mol. The molecule has 1 N–H and O–H groups in total. The minimum Gasteiger partial charge on any atom is -0.493 e. The van der Waals surface area contributed by atoms with E-state index in [9.17, 15) is 0 Å². The Kier molecular flexibility index (Phi) is 4.67. The molecule has 1 fully saturated rings. The fraction of sp³-hybridized carbons (Fsp3) is 0.625. The first-order chi connectivity index (χ1) is 9.42. The van der Waals surface area contributed by atoms with Gasteiger partial charge in [0, 0.05) is 18.2 Å². The number of rotatable bonds is 5. The molecule has 3 heteroatoms. The largest absolute Gasteiger partial charge is 0.493 e. The zero-order chi connectivity index (χ0) is 12.9. The Bertz CT molecular complexity index is 415. The van der Waals surface area contributed by atoms with Crippen LogP contribution in [0.25, 0.3) is 0 Å². The van der Waals surface area contributed by atoms with Gasteiger partial charge in [-0.3, -0.25) is 0 Å². The molecule has 0 aromatic heterocycles. The molecule has 0 spiro atoms. The fourth-order valence-corrected chi connectivity index (χ4v) is 4.13. The molecule has 0 bridgehead atoms. The van der Waals surface area contributed by atoms with Crippen molar-refractivity contribution in [2.45, 2.75) is 37.4 Å². The van der Waals surface area contributed by atoms with Crippen molar-refractivity contribution in [3.8, 4) is 5.75 Å². The van der Waals surface area contributed by atoms with Gasteiger partial charge in [0.05, 0.1) is 6.61 Å². The van der Waals surface area contributed by atoms with E-state index in [1.54, 1.807) is 0 Å². The number of hydrogen-bond acceptors (Lipinski definition) is 3. The highest BCUT2D eigenvalue weighted by Gasteiger charge is 2.13. The SMILES string of the molecule is c1cc2c(cc1CCNCC1CCCCS1)CCO2. The maximum Gasteiger partial charge on any atom is 0.122 e. The van der Waals surface area contributed by atoms with Crippen LogP contribution in [0.2, 0.25) is 0 Å². The standard InChI is InChI=1S/C16H23NOS/c1-2-10-19-15(3-1)12-17-8-6-13-4-5-16-14(11-13)7-9-18-16/h4-5,11,15,17H,1-3,6-10,12H2. The average molecular weight is 277 g/mol. The van der Waals surface area contributed by atoms with Gasteiger partial charge in [0.25, 0.3) is 0 Å². The van der Waals surface area contributed by atoms with E-state index in [-0.39, 0.29) is 0 Å². The number of fused-ring (bicyclic) bond motifs is 1. The summed E-state index contributed by atoms with van der Waals surface area (Å²) in [5.74, 6) is 2.45. The molecule has 2 heterocycles. The lowest BCUT2D eigenvalue weighted by atomic mass is 10.1. The second-order valence-corrected chi connectivity index (χ2v) is 6.89. The van der Waals surface area contributed by atoms with Crippen LogP contribution in [0, 0.1) is 0 Å². The van der Waals surface area contributed by atoms with Crippen LogP contribution >= 0.6 is 11.8 Å². The number of hydrogen-bond donors (Lipinski definition) is 1. The lowest BCUT2D eigenvalue weighted by Crippen LogP contribution is -2.28. The highest BCUT2D eigenvalue weighted by molar-refractivity contribution is 7.99. The van der Waals surface area contributed by atoms with E-state index in [2.05, 4.69) is 35.3 Å². The highest BCUT2D eigenvalue weighted by atomic mass is 32.2. The van der Waals surface area contributed by atoms with Crippen LogP contribution in [0.1, 0.15) is 30.4 Å². The van der Waals surface area contributed by atoms with Crippen molar-refractivity contribution in [3.05, 3.63) is 29.3 Å². The third-order valence-electron chi connectivity index (χ3n) is 3.99. The topological polar surface area (TPSA) is 21.3 Å². The summed E-state index contributed by atoms with van der Waals surface area (Å²) in [4.78, 5) is 0. The number of benzene rings is 1. The summed E-state index contributed by atoms with van der Waals surface area (Å²) in [6, 6.07) is 6.66. The van der Waals surface area contributed by atoms with Crippen molar-refractivity contribution in [1.82, 2.24) is 5.32 Å². The van der Waals surface area contributed by atoms with Crippen molar-refractivity contribution >= 4 is 11.8 Å². The lowest BCUT2D eigenvalue weighted by molar-refractivity contribution is 0.357. The molecule has 1 unspecified atom stereocenters. The third kappa shape index (κ3) is 3.67. The number of ether oxygens (including phenoxy) is 1. The van der Waals surface area contributed by atoms with Crippen LogP contribution < -0.4 is 10.1 Å². The fourth-order valence-electron chi connectivity index (χ4n) is 2.86. The molecule has 0 amide bonds. The first-order valence-electron chi connectivity index (χ1n) is 7.49. The summed E-state index contributed by atoms with van der Waals surface area (Å²) < 4.78 is 5.54. The predicted octanol–water partition coefficient (Wildman–Crippen LogP) is 3.04. The van der Waals surface area contributed by atoms with Crippen molar-refractivity contribution in [2.24, 2.45) is 0 Å². The van der Waals surface area contributed by atoms with E-state index < -0.39 is 0 Å². The Balaban J connectivity index is 1.40. The van der Waals surface area contributed by atoms with E-state index in [1.165, 1.54) is 42.7 Å². The smallest absolute Gasteiger partial charge is 0.122 e. The van der Waals surface area contributed by atoms with Gasteiger partial charge in [-0.2, -0.15) is 11.8 Å². The molecule has 104 valence electrons. The summed E-state index contributed by atoms with van der Waals surface area (Å²) in [5.41, 5.74) is 2.83. The molecule has 19 heavy (non-hydrogen) atoms. The normalized spacial score (nSPS) is 22.0. The van der Waals surface area contributed by atoms with Crippen LogP contribution in [-0.4, -0.2) is 30.7 Å². The molecule has 1 atom stereocenters. The summed E-state index contributed by atoms with van der Waals surface area (Å²) in [7, 11) is 0. The van der Waals surface area contributed by atoms with Gasteiger partial charge in [-0.25, -0.2) is 0 Å². The Morgan fingerprint density at radius 1 is 1.32 bits per heavy atom. The zero-order valence-electron chi connectivity index (χ0n) is 11.5. The van der Waals surface area contributed by atoms with Gasteiger partial charge < -0.3 is 10.1 Å². The van der Waals surface area contributed by atoms with E-state index in [0.717, 1.165) is 37.0 Å². The summed E-state index contributed by atoms with van der Waals surface area (Å²) in [6.45, 7) is 3.13. The first-order valence-corrected chi connectivity index (χ1v) is 8.53. The van der Waals surface area contributed by atoms with Crippen LogP contribution in [-0.2, 0) is 12.8 Å². The van der Waals surface area contributed by atoms with Gasteiger partial charge in [0.15, 0.2) is 0 Å². The van der Waals surface area contributed by atoms with E-state index in [4.69, 9.17) is 4.74 Å². The van der Waals surface area contributed by atoms with Crippen molar-refractivity contribution in [2.75, 3.05) is 25.4 Å². The minimum atomic E-state index is 0.849. The average Bonchev–Trinajstić information content (AvgIpc) is 2.92. The highest BCUT2D eigenvalue weighted by Crippen LogP contribution is 2.26. The van der Waals surface area contributed by atoms with Crippen molar-refractivity contribution in [1.29, 1.82) is 0 Å². The molecule has 2 aliphatic heterocycles. The molecule has 0 radical (unpaired) electrons. The second-order valence-electron chi connectivity index (χ2n) is 5.48. The van der Waals surface area contributed by atoms with Gasteiger partial charge in [0.2, 0.25) is 0 Å². The number of thioether (sulfide) groups is 1. The third-order valence-corrected chi connectivity index (χ3v) is 5.39. The van der Waals surface area contributed by atoms with E-state index in [1.807, 2.05) is 0 Å². The Morgan fingerprint density at radius 3 is 3.21 bits per heavy atom. The molecule has 2 nitrogen and oxygen atoms in total. The Labute approximate surface area is 120 Å². The van der Waals surface area contributed by atoms with Crippen LogP contribution in [0.4, 0.5) is 0 Å². The molecular formula is C16H23NOS. The molecule has 0 aliphatic carbocycles. The monoisotopic (exact) mass is 277 g/mol. The predicted molar refractivity (Wildman–Crippen MR) is 82.3 cm³/mol. The molecule has 2 aliphatic rings. The quantitative estimate of drug-likeness (QED) is 0.836. The molecule has 0 saturated carbocycles. The molecule has 1 aromatic rings. The zero-order valence-corrected chi connectivity index (χ0v) is 12.3. The first kappa shape index (κ1) is 13.3. The Hall–Kier alpha value is -0.670. The Morgan fingerprint density at radius 2 is 2.32 bits per heavy atom. The molecule has 1 saturated heterocycles. The van der Waals surface area contributed by atoms with Gasteiger partial charge in [-0.15, -0.1) is 0 Å². The van der Waals surface area contributed by atoms with Gasteiger partial charge in [0.1, 0.15) is 5.75 Å². The summed E-state index contributed by atoms with van der Waals surface area (Å²) >= 11 is 2.15. The summed E-state index contributed by atoms with van der Waals surface area (Å²) in [6.07, 6.45) is 6.44. The van der Waals surface area contributed by atoms with E-state index in [0.29, 0.717) is 0 Å². The van der Waals surface area contributed by atoms with Gasteiger partial charge in [-0.05, 0) is 48.8 Å². The maximum absolute atomic E-state index is 5.54. The second kappa shape index (κ2) is 6.67. The van der Waals surface area contributed by atoms with Crippen LogP contribution in [0.15, 0.2) is 18.2 Å².